The predicted molar refractivity (Wildman–Crippen MR) is 39.5 cm³/mol. The summed E-state index contributed by atoms with van der Waals surface area (Å²) >= 11 is 1.68. The standard InChI is InChI=1S/C7H10NS/c1-6(2)5-7-8-3-4-9-7/h4,6H,5H2,1-2H3. The minimum absolute atomic E-state index is 0.713. The molecule has 0 aliphatic heterocycles. The maximum absolute atomic E-state index is 4.05. The highest BCUT2D eigenvalue weighted by molar-refractivity contribution is 7.09. The van der Waals surface area contributed by atoms with Crippen molar-refractivity contribution < 1.29 is 0 Å². The van der Waals surface area contributed by atoms with Gasteiger partial charge in [0.2, 0.25) is 0 Å². The molecule has 49 valence electrons. The second kappa shape index (κ2) is 2.97. The van der Waals surface area contributed by atoms with E-state index in [9.17, 15) is 0 Å². The molecule has 0 spiro atoms. The van der Waals surface area contributed by atoms with Gasteiger partial charge >= 0.3 is 0 Å². The Hall–Kier alpha value is -0.370. The van der Waals surface area contributed by atoms with Crippen molar-refractivity contribution in [3.63, 3.8) is 0 Å². The lowest BCUT2D eigenvalue weighted by molar-refractivity contribution is 0.644. The Labute approximate surface area is 59.8 Å². The van der Waals surface area contributed by atoms with Crippen LogP contribution in [0.15, 0.2) is 5.38 Å². The molecule has 1 aromatic rings. The highest BCUT2D eigenvalue weighted by Gasteiger charge is 1.97. The molecule has 0 N–H and O–H groups in total. The second-order valence-corrected chi connectivity index (χ2v) is 3.41. The van der Waals surface area contributed by atoms with Gasteiger partial charge in [0.25, 0.3) is 0 Å². The van der Waals surface area contributed by atoms with Crippen molar-refractivity contribution in [1.29, 1.82) is 0 Å². The number of hydrogen-bond donors (Lipinski definition) is 0. The zero-order valence-corrected chi connectivity index (χ0v) is 6.53. The Bertz CT molecular complexity index is 155. The maximum atomic E-state index is 4.05. The maximum Gasteiger partial charge on any atom is 0.101 e. The van der Waals surface area contributed by atoms with E-state index in [1.807, 2.05) is 5.38 Å². The van der Waals surface area contributed by atoms with Gasteiger partial charge in [-0.05, 0) is 5.92 Å². The molecule has 0 aromatic carbocycles. The number of nitrogens with zero attached hydrogens (tertiary/aromatic N) is 1. The Balaban J connectivity index is 2.48. The predicted octanol–water partition coefficient (Wildman–Crippen LogP) is 2.14. The largest absolute Gasteiger partial charge is 0.240 e. The van der Waals surface area contributed by atoms with E-state index in [0.29, 0.717) is 5.92 Å². The summed E-state index contributed by atoms with van der Waals surface area (Å²) in [4.78, 5) is 4.05. The van der Waals surface area contributed by atoms with Gasteiger partial charge < -0.3 is 0 Å². The van der Waals surface area contributed by atoms with Crippen molar-refractivity contribution in [1.82, 2.24) is 4.98 Å². The smallest absolute Gasteiger partial charge is 0.101 e. The molecule has 1 heterocycles. The van der Waals surface area contributed by atoms with E-state index in [-0.39, 0.29) is 0 Å². The summed E-state index contributed by atoms with van der Waals surface area (Å²) in [6, 6.07) is 0. The molecule has 0 bridgehead atoms. The first kappa shape index (κ1) is 6.75. The summed E-state index contributed by atoms with van der Waals surface area (Å²) in [6.45, 7) is 4.39. The first-order valence-electron chi connectivity index (χ1n) is 3.09. The molecule has 0 amide bonds. The Morgan fingerprint density at radius 2 is 2.56 bits per heavy atom. The van der Waals surface area contributed by atoms with Gasteiger partial charge in [-0.1, -0.05) is 13.8 Å². The zero-order chi connectivity index (χ0) is 6.69. The molecule has 1 radical (unpaired) electrons. The van der Waals surface area contributed by atoms with E-state index in [0.717, 1.165) is 6.42 Å². The van der Waals surface area contributed by atoms with Crippen LogP contribution in [0.5, 0.6) is 0 Å². The number of thiazole rings is 1. The van der Waals surface area contributed by atoms with Crippen LogP contribution >= 0.6 is 11.3 Å². The van der Waals surface area contributed by atoms with Gasteiger partial charge in [0.05, 0.1) is 5.01 Å². The normalized spacial score (nSPS) is 10.6. The molecule has 1 rings (SSSR count). The van der Waals surface area contributed by atoms with Crippen LogP contribution in [-0.4, -0.2) is 4.98 Å². The molecule has 0 fully saturated rings. The minimum atomic E-state index is 0.713. The summed E-state index contributed by atoms with van der Waals surface area (Å²) in [6.07, 6.45) is 3.90. The molecular formula is C7H10NS. The summed E-state index contributed by atoms with van der Waals surface area (Å²) in [5.74, 6) is 0.713. The van der Waals surface area contributed by atoms with Gasteiger partial charge in [-0.2, -0.15) is 0 Å². The van der Waals surface area contributed by atoms with Crippen molar-refractivity contribution in [3.05, 3.63) is 16.6 Å². The average Bonchev–Trinajstić information content (AvgIpc) is 2.15. The lowest BCUT2D eigenvalue weighted by Crippen LogP contribution is -1.91. The first-order valence-corrected chi connectivity index (χ1v) is 3.97. The van der Waals surface area contributed by atoms with Gasteiger partial charge in [-0.15, -0.1) is 11.3 Å². The van der Waals surface area contributed by atoms with Crippen molar-refractivity contribution in [2.24, 2.45) is 5.92 Å². The molecule has 0 saturated heterocycles. The molecular weight excluding hydrogens is 130 g/mol. The van der Waals surface area contributed by atoms with Crippen molar-refractivity contribution in [2.45, 2.75) is 20.3 Å². The summed E-state index contributed by atoms with van der Waals surface area (Å²) in [7, 11) is 0. The van der Waals surface area contributed by atoms with E-state index in [1.54, 1.807) is 11.3 Å². The Kier molecular flexibility index (Phi) is 2.22. The fourth-order valence-electron chi connectivity index (χ4n) is 0.662. The lowest BCUT2D eigenvalue weighted by Gasteiger charge is -1.97. The van der Waals surface area contributed by atoms with Gasteiger partial charge in [0.15, 0.2) is 0 Å². The first-order chi connectivity index (χ1) is 4.29. The van der Waals surface area contributed by atoms with Gasteiger partial charge in [0, 0.05) is 11.8 Å². The van der Waals surface area contributed by atoms with Crippen LogP contribution < -0.4 is 0 Å². The number of rotatable bonds is 2. The third-order valence-corrected chi connectivity index (χ3v) is 1.77. The van der Waals surface area contributed by atoms with E-state index in [1.165, 1.54) is 5.01 Å². The van der Waals surface area contributed by atoms with Crippen molar-refractivity contribution in [3.8, 4) is 0 Å². The fourth-order valence-corrected chi connectivity index (χ4v) is 1.44. The van der Waals surface area contributed by atoms with Gasteiger partial charge in [0.1, 0.15) is 6.20 Å². The van der Waals surface area contributed by atoms with E-state index >= 15 is 0 Å². The fraction of sp³-hybridized carbons (Fsp3) is 0.571. The van der Waals surface area contributed by atoms with Gasteiger partial charge in [-0.3, -0.25) is 0 Å². The highest BCUT2D eigenvalue weighted by atomic mass is 32.1. The van der Waals surface area contributed by atoms with Crippen LogP contribution in [0, 0.1) is 12.1 Å². The highest BCUT2D eigenvalue weighted by Crippen LogP contribution is 2.09. The summed E-state index contributed by atoms with van der Waals surface area (Å²) in [5, 5.41) is 3.10. The molecule has 2 heteroatoms. The minimum Gasteiger partial charge on any atom is -0.240 e. The van der Waals surface area contributed by atoms with Crippen LogP contribution in [-0.2, 0) is 6.42 Å². The van der Waals surface area contributed by atoms with Crippen LogP contribution in [0.2, 0.25) is 0 Å². The summed E-state index contributed by atoms with van der Waals surface area (Å²) < 4.78 is 0. The average molecular weight is 140 g/mol. The third-order valence-electron chi connectivity index (χ3n) is 1.02. The molecule has 0 aliphatic rings. The molecule has 0 unspecified atom stereocenters. The molecule has 1 aromatic heterocycles. The molecule has 0 saturated carbocycles. The molecule has 1 nitrogen and oxygen atoms in total. The van der Waals surface area contributed by atoms with Gasteiger partial charge in [-0.25, -0.2) is 4.98 Å². The topological polar surface area (TPSA) is 12.9 Å². The quantitative estimate of drug-likeness (QED) is 0.613. The van der Waals surface area contributed by atoms with Crippen LogP contribution in [0.1, 0.15) is 18.9 Å². The summed E-state index contributed by atoms with van der Waals surface area (Å²) in [5.41, 5.74) is 0. The van der Waals surface area contributed by atoms with Crippen LogP contribution in [0.3, 0.4) is 0 Å². The molecule has 9 heavy (non-hydrogen) atoms. The van der Waals surface area contributed by atoms with Crippen LogP contribution in [0.25, 0.3) is 0 Å². The van der Waals surface area contributed by atoms with E-state index < -0.39 is 0 Å². The van der Waals surface area contributed by atoms with E-state index in [4.69, 9.17) is 0 Å². The molecule has 0 atom stereocenters. The Morgan fingerprint density at radius 1 is 1.78 bits per heavy atom. The second-order valence-electron chi connectivity index (χ2n) is 2.47. The van der Waals surface area contributed by atoms with Crippen molar-refractivity contribution in [2.75, 3.05) is 0 Å². The SMILES string of the molecule is CC(C)Cc1n[c]cs1. The lowest BCUT2D eigenvalue weighted by atomic mass is 10.1. The number of hydrogen-bond acceptors (Lipinski definition) is 2. The Morgan fingerprint density at radius 3 is 3.00 bits per heavy atom. The monoisotopic (exact) mass is 140 g/mol. The van der Waals surface area contributed by atoms with E-state index in [2.05, 4.69) is 25.0 Å². The number of aromatic nitrogens is 1. The zero-order valence-electron chi connectivity index (χ0n) is 5.72. The van der Waals surface area contributed by atoms with Crippen LogP contribution in [0.4, 0.5) is 0 Å². The third kappa shape index (κ3) is 2.14. The molecule has 0 aliphatic carbocycles. The van der Waals surface area contributed by atoms with Crippen molar-refractivity contribution >= 4 is 11.3 Å².